The fourth-order valence-corrected chi connectivity index (χ4v) is 6.51. The number of nitroso groups, excluding NO2 is 1. The van der Waals surface area contributed by atoms with Crippen LogP contribution in [0.5, 0.6) is 0 Å². The average Bonchev–Trinajstić information content (AvgIpc) is 3.28. The van der Waals surface area contributed by atoms with E-state index in [-0.39, 0.29) is 0 Å². The van der Waals surface area contributed by atoms with Gasteiger partial charge in [0.2, 0.25) is 0 Å². The zero-order valence-corrected chi connectivity index (χ0v) is 14.6. The highest BCUT2D eigenvalue weighted by molar-refractivity contribution is 5.38. The normalized spacial score (nSPS) is 43.4. The van der Waals surface area contributed by atoms with Crippen LogP contribution in [0.3, 0.4) is 0 Å². The molecule has 2 nitrogen and oxygen atoms in total. The molecule has 4 unspecified atom stereocenters. The molecule has 23 heavy (non-hydrogen) atoms. The van der Waals surface area contributed by atoms with Crippen molar-refractivity contribution >= 4 is 0 Å². The summed E-state index contributed by atoms with van der Waals surface area (Å²) in [6, 6.07) is 0. The smallest absolute Gasteiger partial charge is 0.0818 e. The van der Waals surface area contributed by atoms with Gasteiger partial charge in [-0.05, 0) is 104 Å². The molecule has 0 saturated heterocycles. The summed E-state index contributed by atoms with van der Waals surface area (Å²) in [7, 11) is 0. The molecule has 0 N–H and O–H groups in total. The summed E-state index contributed by atoms with van der Waals surface area (Å²) in [5.74, 6) is 2.41. The number of rotatable bonds is 2. The van der Waals surface area contributed by atoms with E-state index in [4.69, 9.17) is 0 Å². The van der Waals surface area contributed by atoms with Gasteiger partial charge in [-0.25, -0.2) is 0 Å². The van der Waals surface area contributed by atoms with E-state index in [0.29, 0.717) is 17.0 Å². The van der Waals surface area contributed by atoms with E-state index in [1.165, 1.54) is 56.1 Å². The van der Waals surface area contributed by atoms with E-state index in [1.807, 2.05) is 6.08 Å². The van der Waals surface area contributed by atoms with E-state index in [2.05, 4.69) is 24.8 Å². The lowest BCUT2D eigenvalue weighted by atomic mass is 9.53. The minimum absolute atomic E-state index is 0.561. The molecule has 0 aliphatic heterocycles. The van der Waals surface area contributed by atoms with Crippen LogP contribution in [0, 0.1) is 33.5 Å². The zero-order valence-electron chi connectivity index (χ0n) is 14.6. The Labute approximate surface area is 140 Å². The van der Waals surface area contributed by atoms with Crippen LogP contribution in [-0.4, -0.2) is 0 Å². The van der Waals surface area contributed by atoms with Gasteiger partial charge in [0.05, 0.1) is 5.70 Å². The van der Waals surface area contributed by atoms with Gasteiger partial charge in [0.1, 0.15) is 0 Å². The Morgan fingerprint density at radius 3 is 2.70 bits per heavy atom. The van der Waals surface area contributed by atoms with Crippen molar-refractivity contribution in [2.75, 3.05) is 0 Å². The molecule has 0 aromatic carbocycles. The molecule has 0 heterocycles. The van der Waals surface area contributed by atoms with Crippen LogP contribution in [0.25, 0.3) is 0 Å². The van der Waals surface area contributed by atoms with Crippen LogP contribution in [0.2, 0.25) is 0 Å². The van der Waals surface area contributed by atoms with Gasteiger partial charge < -0.3 is 0 Å². The highest BCUT2D eigenvalue weighted by Crippen LogP contribution is 2.75. The zero-order chi connectivity index (χ0) is 16.2. The largest absolute Gasteiger partial charge is 0.145 e. The van der Waals surface area contributed by atoms with Crippen molar-refractivity contribution in [1.29, 1.82) is 0 Å². The third-order valence-electron chi connectivity index (χ3n) is 8.06. The Kier molecular flexibility index (Phi) is 3.44. The molecule has 4 fully saturated rings. The van der Waals surface area contributed by atoms with E-state index >= 15 is 0 Å². The van der Waals surface area contributed by atoms with Crippen molar-refractivity contribution < 1.29 is 0 Å². The molecule has 4 atom stereocenters. The molecule has 0 radical (unpaired) electrons. The topological polar surface area (TPSA) is 29.4 Å². The van der Waals surface area contributed by atoms with Gasteiger partial charge in [-0.1, -0.05) is 25.2 Å². The first-order chi connectivity index (χ1) is 11.0. The predicted octanol–water partition coefficient (Wildman–Crippen LogP) is 6.16. The molecular formula is C21H29NO. The van der Waals surface area contributed by atoms with Crippen molar-refractivity contribution in [3.8, 4) is 0 Å². The number of hydrogen-bond acceptors (Lipinski definition) is 2. The van der Waals surface area contributed by atoms with Gasteiger partial charge in [-0.2, -0.15) is 0 Å². The Bertz CT molecular complexity index is 609. The maximum absolute atomic E-state index is 10.6. The van der Waals surface area contributed by atoms with Crippen molar-refractivity contribution in [2.24, 2.45) is 33.8 Å². The molecule has 4 rings (SSSR count). The van der Waals surface area contributed by atoms with Crippen molar-refractivity contribution in [3.05, 3.63) is 40.5 Å². The maximum Gasteiger partial charge on any atom is 0.0818 e. The van der Waals surface area contributed by atoms with E-state index in [1.54, 1.807) is 6.92 Å². The van der Waals surface area contributed by atoms with Crippen LogP contribution in [0.4, 0.5) is 0 Å². The standard InChI is InChI=1S/C21H29NO/c1-14-4-6-18-17(16(14)7-5-15(2)22-23)8-10-20(3)19(18)9-11-21(20)12-13-21/h5,7,17-19H,1,4,6,8-13H2,2-3H3/b15-5+,16-7+. The second-order valence-electron chi connectivity index (χ2n) is 8.82. The summed E-state index contributed by atoms with van der Waals surface area (Å²) in [6.07, 6.45) is 15.1. The minimum Gasteiger partial charge on any atom is -0.145 e. The van der Waals surface area contributed by atoms with Crippen LogP contribution in [-0.2, 0) is 0 Å². The van der Waals surface area contributed by atoms with Crippen LogP contribution in [0.1, 0.15) is 65.2 Å². The van der Waals surface area contributed by atoms with Gasteiger partial charge in [0.15, 0.2) is 0 Å². The first-order valence-corrected chi connectivity index (χ1v) is 9.41. The number of fused-ring (bicyclic) bond motifs is 4. The van der Waals surface area contributed by atoms with Gasteiger partial charge >= 0.3 is 0 Å². The van der Waals surface area contributed by atoms with Crippen molar-refractivity contribution in [2.45, 2.75) is 65.2 Å². The quantitative estimate of drug-likeness (QED) is 0.562. The van der Waals surface area contributed by atoms with Crippen LogP contribution in [0.15, 0.2) is 40.8 Å². The fraction of sp³-hybridized carbons (Fsp3) is 0.714. The third kappa shape index (κ3) is 2.13. The second kappa shape index (κ2) is 5.16. The van der Waals surface area contributed by atoms with Crippen molar-refractivity contribution in [1.82, 2.24) is 0 Å². The predicted molar refractivity (Wildman–Crippen MR) is 94.7 cm³/mol. The molecular weight excluding hydrogens is 282 g/mol. The molecule has 0 aromatic heterocycles. The third-order valence-corrected chi connectivity index (χ3v) is 8.06. The lowest BCUT2D eigenvalue weighted by Crippen LogP contribution is -2.44. The number of hydrogen-bond donors (Lipinski definition) is 0. The highest BCUT2D eigenvalue weighted by Gasteiger charge is 2.66. The molecule has 4 saturated carbocycles. The summed E-state index contributed by atoms with van der Waals surface area (Å²) in [5, 5.41) is 3.03. The molecule has 4 aliphatic rings. The minimum atomic E-state index is 0.561. The SMILES string of the molecule is C=C1CCC2C(CCC3(C)C2CCC32CC2)/C1=C/C=C(\C)N=O. The van der Waals surface area contributed by atoms with E-state index in [9.17, 15) is 4.91 Å². The summed E-state index contributed by atoms with van der Waals surface area (Å²) in [5.41, 5.74) is 4.60. The Balaban J connectivity index is 1.64. The lowest BCUT2D eigenvalue weighted by molar-refractivity contribution is 0.00647. The van der Waals surface area contributed by atoms with Crippen molar-refractivity contribution in [3.63, 3.8) is 0 Å². The molecule has 0 aromatic rings. The summed E-state index contributed by atoms with van der Waals surface area (Å²) in [6.45, 7) is 8.72. The van der Waals surface area contributed by atoms with Gasteiger partial charge in [0, 0.05) is 0 Å². The number of allylic oxidation sites excluding steroid dienone is 5. The maximum atomic E-state index is 10.6. The molecule has 0 bridgehead atoms. The molecule has 1 spiro atoms. The van der Waals surface area contributed by atoms with Gasteiger partial charge in [0.25, 0.3) is 0 Å². The second-order valence-corrected chi connectivity index (χ2v) is 8.82. The first kappa shape index (κ1) is 15.4. The van der Waals surface area contributed by atoms with Crippen LogP contribution < -0.4 is 0 Å². The molecule has 0 amide bonds. The number of nitrogens with zero attached hydrogens (tertiary/aromatic N) is 1. The molecule has 4 aliphatic carbocycles. The molecule has 124 valence electrons. The Morgan fingerprint density at radius 1 is 1.22 bits per heavy atom. The van der Waals surface area contributed by atoms with Crippen LogP contribution >= 0.6 is 0 Å². The Morgan fingerprint density at radius 2 is 2.00 bits per heavy atom. The Hall–Kier alpha value is -1.18. The summed E-state index contributed by atoms with van der Waals surface area (Å²) < 4.78 is 0. The van der Waals surface area contributed by atoms with E-state index < -0.39 is 0 Å². The highest BCUT2D eigenvalue weighted by atomic mass is 16.3. The average molecular weight is 311 g/mol. The summed E-state index contributed by atoms with van der Waals surface area (Å²) in [4.78, 5) is 10.6. The van der Waals surface area contributed by atoms with Gasteiger partial charge in [-0.3, -0.25) is 0 Å². The lowest BCUT2D eigenvalue weighted by Gasteiger charge is -2.52. The van der Waals surface area contributed by atoms with E-state index in [0.717, 1.165) is 23.7 Å². The monoisotopic (exact) mass is 311 g/mol. The van der Waals surface area contributed by atoms with Gasteiger partial charge in [-0.15, -0.1) is 4.91 Å². The fourth-order valence-electron chi connectivity index (χ4n) is 6.51. The first-order valence-electron chi connectivity index (χ1n) is 9.41. The summed E-state index contributed by atoms with van der Waals surface area (Å²) >= 11 is 0. The molecule has 2 heteroatoms.